The number of aliphatic carboxylic acids is 5. The van der Waals surface area contributed by atoms with Gasteiger partial charge in [0, 0.05) is 92.5 Å². The van der Waals surface area contributed by atoms with Crippen molar-refractivity contribution < 1.29 is 49.5 Å². The van der Waals surface area contributed by atoms with E-state index in [9.17, 15) is 49.5 Å². The molecule has 0 aliphatic carbocycles. The van der Waals surface area contributed by atoms with Gasteiger partial charge < -0.3 is 61.0 Å². The fourth-order valence-electron chi connectivity index (χ4n) is 5.52. The van der Waals surface area contributed by atoms with E-state index < -0.39 is 62.6 Å². The van der Waals surface area contributed by atoms with Crippen molar-refractivity contribution in [3.8, 4) is 23.7 Å². The van der Waals surface area contributed by atoms with Crippen molar-refractivity contribution in [2.45, 2.75) is 26.2 Å². The monoisotopic (exact) mass is 772 g/mol. The number of nitrogens with zero attached hydrogens (tertiary/aromatic N) is 5. The Morgan fingerprint density at radius 2 is 0.667 bits per heavy atom. The Hall–Kier alpha value is -7.31. The van der Waals surface area contributed by atoms with Crippen molar-refractivity contribution in [1.82, 2.24) is 24.7 Å². The molecule has 0 aliphatic rings. The highest BCUT2D eigenvalue weighted by Crippen LogP contribution is 2.16. The first kappa shape index (κ1) is 42.4. The molecule has 294 valence electrons. The molecule has 0 atom stereocenters. The predicted octanol–water partition coefficient (Wildman–Crippen LogP) is -5.20. The third-order valence-corrected chi connectivity index (χ3v) is 7.69. The van der Waals surface area contributed by atoms with Crippen molar-refractivity contribution in [3.63, 3.8) is 0 Å². The summed E-state index contributed by atoms with van der Waals surface area (Å²) in [5, 5.41) is 57.5. The number of pyridine rings is 2. The van der Waals surface area contributed by atoms with E-state index in [-0.39, 0.29) is 49.0 Å². The van der Waals surface area contributed by atoms with Gasteiger partial charge in [0.2, 0.25) is 0 Å². The van der Waals surface area contributed by atoms with Gasteiger partial charge in [0.05, 0.1) is 52.6 Å². The molecular formula is C40H34N7O10-5. The normalized spacial score (nSPS) is 10.7. The molecule has 0 saturated carbocycles. The molecule has 2 aromatic heterocycles. The number of anilines is 2. The molecule has 0 fully saturated rings. The summed E-state index contributed by atoms with van der Waals surface area (Å²) in [6.07, 6.45) is 0. The molecule has 2 aromatic carbocycles. The van der Waals surface area contributed by atoms with Crippen LogP contribution in [0.15, 0.2) is 72.8 Å². The molecule has 4 aromatic rings. The fourth-order valence-corrected chi connectivity index (χ4v) is 5.52. The van der Waals surface area contributed by atoms with Crippen molar-refractivity contribution in [1.29, 1.82) is 0 Å². The standard InChI is InChI=1S/C40H39N7O10/c41-30-9-5-26(6-10-30)1-3-28-13-32(43-34(15-28)19-46(22-37(50)51)23-38(52)53)17-45(21-36(48)49)18-33-14-29(4-2-27-7-11-31(42)12-8-27)16-35(44-33)20-47(24-39(54)55)25-40(56)57/h5-16H,17-25,41-42H2,(H,48,49)(H,50,51)(H,52,53)(H,54,55)(H,56,57)/p-5. The summed E-state index contributed by atoms with van der Waals surface area (Å²) in [5.41, 5.74) is 15.5. The highest BCUT2D eigenvalue weighted by atomic mass is 16.4. The number of rotatable bonds is 18. The summed E-state index contributed by atoms with van der Waals surface area (Å²) >= 11 is 0. The minimum absolute atomic E-state index is 0.167. The molecule has 0 radical (unpaired) electrons. The van der Waals surface area contributed by atoms with E-state index in [2.05, 4.69) is 33.6 Å². The van der Waals surface area contributed by atoms with Crippen LogP contribution in [0.4, 0.5) is 11.4 Å². The third-order valence-electron chi connectivity index (χ3n) is 7.69. The lowest BCUT2D eigenvalue weighted by Gasteiger charge is -2.25. The number of carbonyl (C=O) groups excluding carboxylic acids is 5. The SMILES string of the molecule is Nc1ccc(C#Cc2cc(CN(CC(=O)[O-])CC(=O)[O-])nc(CN(CC(=O)[O-])Cc3cc(C#Cc4ccc(N)cc4)cc(CN(CC(=O)[O-])CC(=O)[O-])n3)c2)cc1. The first-order valence-electron chi connectivity index (χ1n) is 17.0. The number of carboxylic acid groups (broad SMARTS) is 5. The third kappa shape index (κ3) is 15.5. The molecule has 0 unspecified atom stereocenters. The largest absolute Gasteiger partial charge is 0.549 e. The molecule has 17 nitrogen and oxygen atoms in total. The molecular weight excluding hydrogens is 738 g/mol. The fraction of sp³-hybridized carbons (Fsp3) is 0.225. The zero-order valence-corrected chi connectivity index (χ0v) is 30.3. The van der Waals surface area contributed by atoms with Crippen LogP contribution in [0.5, 0.6) is 0 Å². The molecule has 0 aliphatic heterocycles. The average molecular weight is 773 g/mol. The van der Waals surface area contributed by atoms with Gasteiger partial charge in [0.25, 0.3) is 0 Å². The quantitative estimate of drug-likeness (QED) is 0.0706. The summed E-state index contributed by atoms with van der Waals surface area (Å²) in [6, 6.07) is 19.6. The average Bonchev–Trinajstić information content (AvgIpc) is 3.09. The maximum atomic E-state index is 12.0. The van der Waals surface area contributed by atoms with E-state index in [1.165, 1.54) is 17.0 Å². The highest BCUT2D eigenvalue weighted by Gasteiger charge is 2.16. The molecule has 0 saturated heterocycles. The first-order valence-corrected chi connectivity index (χ1v) is 17.0. The minimum atomic E-state index is -1.54. The van der Waals surface area contributed by atoms with E-state index in [4.69, 9.17) is 11.5 Å². The van der Waals surface area contributed by atoms with Gasteiger partial charge in [-0.15, -0.1) is 0 Å². The highest BCUT2D eigenvalue weighted by molar-refractivity contribution is 5.71. The summed E-state index contributed by atoms with van der Waals surface area (Å²) in [6.45, 7) is -4.54. The van der Waals surface area contributed by atoms with Gasteiger partial charge in [-0.3, -0.25) is 24.7 Å². The summed E-state index contributed by atoms with van der Waals surface area (Å²) in [7, 11) is 0. The number of carbonyl (C=O) groups is 5. The topological polar surface area (TPSA) is 288 Å². The molecule has 4 N–H and O–H groups in total. The molecule has 4 rings (SSSR count). The van der Waals surface area contributed by atoms with Crippen molar-refractivity contribution in [2.24, 2.45) is 0 Å². The molecule has 0 spiro atoms. The van der Waals surface area contributed by atoms with Crippen LogP contribution in [0.2, 0.25) is 0 Å². The number of nitrogens with two attached hydrogens (primary N) is 2. The lowest BCUT2D eigenvalue weighted by molar-refractivity contribution is -0.313. The zero-order valence-electron chi connectivity index (χ0n) is 30.3. The second-order valence-electron chi connectivity index (χ2n) is 12.7. The van der Waals surface area contributed by atoms with Gasteiger partial charge in [0.1, 0.15) is 0 Å². The van der Waals surface area contributed by atoms with E-state index in [0.29, 0.717) is 33.6 Å². The number of hydrogen-bond acceptors (Lipinski definition) is 17. The van der Waals surface area contributed by atoms with Crippen molar-refractivity contribution in [3.05, 3.63) is 118 Å². The summed E-state index contributed by atoms with van der Waals surface area (Å²) in [5.74, 6) is 4.32. The molecule has 57 heavy (non-hydrogen) atoms. The van der Waals surface area contributed by atoms with Crippen LogP contribution in [0.1, 0.15) is 45.0 Å². The Morgan fingerprint density at radius 3 is 0.947 bits per heavy atom. The van der Waals surface area contributed by atoms with Crippen LogP contribution in [0.25, 0.3) is 0 Å². The number of hydrogen-bond donors (Lipinski definition) is 2. The van der Waals surface area contributed by atoms with Gasteiger partial charge in [0.15, 0.2) is 0 Å². The van der Waals surface area contributed by atoms with Gasteiger partial charge in [-0.25, -0.2) is 0 Å². The molecule has 2 heterocycles. The Kier molecular flexibility index (Phi) is 15.2. The summed E-state index contributed by atoms with van der Waals surface area (Å²) < 4.78 is 0. The number of carboxylic acids is 5. The lowest BCUT2D eigenvalue weighted by atomic mass is 10.1. The Balaban J connectivity index is 1.75. The van der Waals surface area contributed by atoms with E-state index in [0.717, 1.165) is 9.80 Å². The molecule has 17 heteroatoms. The van der Waals surface area contributed by atoms with Crippen LogP contribution < -0.4 is 37.0 Å². The number of benzene rings is 2. The Bertz CT molecular complexity index is 2060. The first-order chi connectivity index (χ1) is 27.1. The zero-order chi connectivity index (χ0) is 41.5. The van der Waals surface area contributed by atoms with Crippen LogP contribution in [0.3, 0.4) is 0 Å². The number of nitrogen functional groups attached to an aromatic ring is 2. The van der Waals surface area contributed by atoms with Gasteiger partial charge in [-0.05, 0) is 72.8 Å². The van der Waals surface area contributed by atoms with E-state index in [1.807, 2.05) is 0 Å². The molecule has 0 amide bonds. The van der Waals surface area contributed by atoms with Gasteiger partial charge in [-0.1, -0.05) is 23.7 Å². The van der Waals surface area contributed by atoms with Crippen LogP contribution in [0, 0.1) is 23.7 Å². The predicted molar refractivity (Wildman–Crippen MR) is 192 cm³/mol. The Labute approximate surface area is 326 Å². The lowest BCUT2D eigenvalue weighted by Crippen LogP contribution is -2.44. The van der Waals surface area contributed by atoms with E-state index >= 15 is 0 Å². The molecule has 0 bridgehead atoms. The Morgan fingerprint density at radius 1 is 0.421 bits per heavy atom. The van der Waals surface area contributed by atoms with E-state index in [1.54, 1.807) is 60.7 Å². The van der Waals surface area contributed by atoms with Crippen LogP contribution in [-0.4, -0.2) is 87.2 Å². The van der Waals surface area contributed by atoms with Crippen molar-refractivity contribution in [2.75, 3.05) is 44.2 Å². The van der Waals surface area contributed by atoms with Gasteiger partial charge >= 0.3 is 0 Å². The summed E-state index contributed by atoms with van der Waals surface area (Å²) in [4.78, 5) is 70.1. The van der Waals surface area contributed by atoms with Crippen LogP contribution >= 0.6 is 0 Å². The van der Waals surface area contributed by atoms with Crippen LogP contribution in [-0.2, 0) is 50.2 Å². The van der Waals surface area contributed by atoms with Crippen molar-refractivity contribution >= 4 is 41.2 Å². The maximum Gasteiger partial charge on any atom is 0.0560 e. The maximum absolute atomic E-state index is 12.0. The second kappa shape index (κ2) is 20.4. The smallest absolute Gasteiger partial charge is 0.0560 e. The number of aromatic nitrogens is 2. The van der Waals surface area contributed by atoms with Gasteiger partial charge in [-0.2, -0.15) is 0 Å². The minimum Gasteiger partial charge on any atom is -0.549 e. The second-order valence-corrected chi connectivity index (χ2v) is 12.7.